The summed E-state index contributed by atoms with van der Waals surface area (Å²) >= 11 is 0. The summed E-state index contributed by atoms with van der Waals surface area (Å²) in [7, 11) is -10.7. The first-order chi connectivity index (χ1) is 31.5. The van der Waals surface area contributed by atoms with E-state index in [9.17, 15) is 58.6 Å². The Labute approximate surface area is 395 Å². The SMILES string of the molecule is CCCCCCCCCCCCCCCC(=O)O[C@H](COC(=O)CCCCCCCCCCCCCCCCCC(=O)CCC)COP(=O)(O)OC1C(O)[C@@H](OP(=O)(O)O)C(O)[C@@H](O)[C@H]1O. The molecule has 4 unspecified atom stereocenters. The number of phosphoric acid groups is 2. The average molecular weight is 989 g/mol. The number of rotatable bonds is 44. The molecular formula is C47H90O17P2. The molecule has 7 N–H and O–H groups in total. The molecule has 1 aliphatic carbocycles. The lowest BCUT2D eigenvalue weighted by atomic mass is 9.85. The van der Waals surface area contributed by atoms with Gasteiger partial charge in [-0.3, -0.25) is 28.0 Å². The molecular weight excluding hydrogens is 898 g/mol. The van der Waals surface area contributed by atoms with Crippen LogP contribution in [0, 0.1) is 0 Å². The molecule has 1 rings (SSSR count). The van der Waals surface area contributed by atoms with Crippen molar-refractivity contribution in [2.24, 2.45) is 0 Å². The lowest BCUT2D eigenvalue weighted by Gasteiger charge is -2.43. The summed E-state index contributed by atoms with van der Waals surface area (Å²) in [5, 5.41) is 41.3. The molecule has 0 bridgehead atoms. The van der Waals surface area contributed by atoms with Crippen LogP contribution < -0.4 is 0 Å². The Morgan fingerprint density at radius 2 is 0.818 bits per heavy atom. The highest BCUT2D eigenvalue weighted by molar-refractivity contribution is 7.47. The molecule has 0 aromatic carbocycles. The van der Waals surface area contributed by atoms with Crippen molar-refractivity contribution in [1.29, 1.82) is 0 Å². The maximum atomic E-state index is 13.0. The molecule has 1 fully saturated rings. The fourth-order valence-corrected chi connectivity index (χ4v) is 9.69. The average Bonchev–Trinajstić information content (AvgIpc) is 3.26. The van der Waals surface area contributed by atoms with Crippen molar-refractivity contribution < 1.29 is 81.7 Å². The van der Waals surface area contributed by atoms with Gasteiger partial charge in [-0.15, -0.1) is 0 Å². The van der Waals surface area contributed by atoms with Crippen LogP contribution >= 0.6 is 15.6 Å². The van der Waals surface area contributed by atoms with E-state index >= 15 is 0 Å². The third kappa shape index (κ3) is 32.5. The van der Waals surface area contributed by atoms with Gasteiger partial charge in [-0.25, -0.2) is 9.13 Å². The topological polar surface area (TPSA) is 273 Å². The van der Waals surface area contributed by atoms with Gasteiger partial charge in [0.05, 0.1) is 6.61 Å². The summed E-state index contributed by atoms with van der Waals surface area (Å²) in [5.41, 5.74) is 0. The fourth-order valence-electron chi connectivity index (χ4n) is 8.15. The number of hydrogen-bond donors (Lipinski definition) is 7. The Kier molecular flexibility index (Phi) is 36.5. The van der Waals surface area contributed by atoms with Crippen LogP contribution in [0.5, 0.6) is 0 Å². The molecule has 0 aromatic rings. The quantitative estimate of drug-likeness (QED) is 0.0170. The normalized spacial score (nSPS) is 21.3. The Morgan fingerprint density at radius 1 is 0.439 bits per heavy atom. The number of carbonyl (C=O) groups excluding carboxylic acids is 3. The monoisotopic (exact) mass is 989 g/mol. The summed E-state index contributed by atoms with van der Waals surface area (Å²) < 4.78 is 49.4. The summed E-state index contributed by atoms with van der Waals surface area (Å²) in [5.74, 6) is -0.816. The number of unbranched alkanes of at least 4 members (excludes halogenated alkanes) is 26. The van der Waals surface area contributed by atoms with Gasteiger partial charge in [0, 0.05) is 25.7 Å². The minimum Gasteiger partial charge on any atom is -0.462 e. The Morgan fingerprint density at radius 3 is 1.23 bits per heavy atom. The zero-order valence-corrected chi connectivity index (χ0v) is 42.2. The van der Waals surface area contributed by atoms with Gasteiger partial charge in [0.25, 0.3) is 0 Å². The summed E-state index contributed by atoms with van der Waals surface area (Å²) in [6.07, 6.45) is 18.9. The van der Waals surface area contributed by atoms with Gasteiger partial charge in [0.2, 0.25) is 0 Å². The molecule has 8 atom stereocenters. The molecule has 0 spiro atoms. The van der Waals surface area contributed by atoms with Crippen molar-refractivity contribution in [3.63, 3.8) is 0 Å². The van der Waals surface area contributed by atoms with Crippen molar-refractivity contribution >= 4 is 33.4 Å². The van der Waals surface area contributed by atoms with Crippen molar-refractivity contribution in [2.45, 2.75) is 268 Å². The van der Waals surface area contributed by atoms with Crippen LogP contribution in [0.3, 0.4) is 0 Å². The molecule has 17 nitrogen and oxygen atoms in total. The van der Waals surface area contributed by atoms with Gasteiger partial charge in [-0.1, -0.05) is 174 Å². The molecule has 0 amide bonds. The molecule has 1 saturated carbocycles. The molecule has 0 heterocycles. The van der Waals surface area contributed by atoms with E-state index in [0.717, 1.165) is 77.0 Å². The highest BCUT2D eigenvalue weighted by atomic mass is 31.2. The minimum absolute atomic E-state index is 0.0437. The van der Waals surface area contributed by atoms with Gasteiger partial charge in [0.15, 0.2) is 6.10 Å². The molecule has 0 radical (unpaired) electrons. The zero-order valence-electron chi connectivity index (χ0n) is 40.4. The van der Waals surface area contributed by atoms with Crippen LogP contribution in [0.25, 0.3) is 0 Å². The highest BCUT2D eigenvalue weighted by Gasteiger charge is 2.54. The Hall–Kier alpha value is -1.33. The number of esters is 2. The number of aliphatic hydroxyl groups excluding tert-OH is 4. The van der Waals surface area contributed by atoms with E-state index in [1.165, 1.54) is 103 Å². The number of Topliss-reactive ketones (excluding diaryl/α,β-unsaturated/α-hetero) is 1. The maximum Gasteiger partial charge on any atom is 0.472 e. The van der Waals surface area contributed by atoms with Crippen molar-refractivity contribution in [2.75, 3.05) is 13.2 Å². The Balaban J connectivity index is 2.50. The summed E-state index contributed by atoms with van der Waals surface area (Å²) in [4.78, 5) is 65.9. The lowest BCUT2D eigenvalue weighted by Crippen LogP contribution is -2.64. The first-order valence-electron chi connectivity index (χ1n) is 25.5. The van der Waals surface area contributed by atoms with Crippen molar-refractivity contribution in [1.82, 2.24) is 0 Å². The van der Waals surface area contributed by atoms with Gasteiger partial charge in [-0.05, 0) is 25.7 Å². The molecule has 66 heavy (non-hydrogen) atoms. The maximum absolute atomic E-state index is 13.0. The van der Waals surface area contributed by atoms with Gasteiger partial charge in [-0.2, -0.15) is 0 Å². The summed E-state index contributed by atoms with van der Waals surface area (Å²) in [6.45, 7) is 2.91. The van der Waals surface area contributed by atoms with E-state index in [0.29, 0.717) is 25.0 Å². The van der Waals surface area contributed by atoms with Crippen molar-refractivity contribution in [3.05, 3.63) is 0 Å². The van der Waals surface area contributed by atoms with E-state index in [1.54, 1.807) is 0 Å². The molecule has 0 aliphatic heterocycles. The van der Waals surface area contributed by atoms with Crippen LogP contribution in [0.4, 0.5) is 0 Å². The molecule has 0 saturated heterocycles. The number of aliphatic hydroxyl groups is 4. The molecule has 0 aromatic heterocycles. The number of ether oxygens (including phenoxy) is 2. The minimum atomic E-state index is -5.36. The van der Waals surface area contributed by atoms with Crippen LogP contribution in [0.1, 0.15) is 226 Å². The van der Waals surface area contributed by atoms with Gasteiger partial charge in [0.1, 0.15) is 49.0 Å². The second kappa shape index (κ2) is 38.4. The Bertz CT molecular complexity index is 1350. The predicted molar refractivity (Wildman–Crippen MR) is 251 cm³/mol. The largest absolute Gasteiger partial charge is 0.472 e. The number of carbonyl (C=O) groups is 3. The van der Waals surface area contributed by atoms with Crippen LogP contribution in [-0.2, 0) is 46.6 Å². The van der Waals surface area contributed by atoms with Crippen LogP contribution in [0.15, 0.2) is 0 Å². The molecule has 1 aliphatic rings. The third-order valence-electron chi connectivity index (χ3n) is 12.1. The predicted octanol–water partition coefficient (Wildman–Crippen LogP) is 9.36. The molecule has 19 heteroatoms. The first kappa shape index (κ1) is 62.7. The molecule has 390 valence electrons. The summed E-state index contributed by atoms with van der Waals surface area (Å²) in [6, 6.07) is 0. The second-order valence-electron chi connectivity index (χ2n) is 18.2. The van der Waals surface area contributed by atoms with E-state index in [-0.39, 0.29) is 12.8 Å². The smallest absolute Gasteiger partial charge is 0.462 e. The second-order valence-corrected chi connectivity index (χ2v) is 20.8. The van der Waals surface area contributed by atoms with E-state index in [2.05, 4.69) is 11.4 Å². The third-order valence-corrected chi connectivity index (χ3v) is 13.6. The van der Waals surface area contributed by atoms with Crippen LogP contribution in [0.2, 0.25) is 0 Å². The van der Waals surface area contributed by atoms with E-state index in [1.807, 2.05) is 6.92 Å². The standard InChI is InChI=1S/C47H90O17P2/c1-3-5-6-7-8-9-10-14-19-22-25-28-31-35-41(50)62-39(37-61-66(58,59)64-47-44(53)42(51)43(52)46(45(47)54)63-65(55,56)57)36-60-40(49)34-30-27-24-21-18-16-13-11-12-15-17-20-23-26-29-33-38(48)32-4-2/h39,42-47,51-54H,3-37H2,1-2H3,(H,58,59)(H2,55,56,57)/t39-,42-,43?,44-,45?,46+,47?/m1/s1. The van der Waals surface area contributed by atoms with Crippen LogP contribution in [-0.4, -0.2) is 109 Å². The van der Waals surface area contributed by atoms with Gasteiger partial charge >= 0.3 is 27.6 Å². The number of hydrogen-bond acceptors (Lipinski definition) is 14. The first-order valence-corrected chi connectivity index (χ1v) is 28.5. The zero-order chi connectivity index (χ0) is 49.1. The lowest BCUT2D eigenvalue weighted by molar-refractivity contribution is -0.216. The van der Waals surface area contributed by atoms with Gasteiger partial charge < -0.3 is 44.6 Å². The highest BCUT2D eigenvalue weighted by Crippen LogP contribution is 2.49. The fraction of sp³-hybridized carbons (Fsp3) is 0.936. The number of ketones is 1. The van der Waals surface area contributed by atoms with E-state index < -0.39 is 83.5 Å². The van der Waals surface area contributed by atoms with Crippen molar-refractivity contribution in [3.8, 4) is 0 Å². The van der Waals surface area contributed by atoms with E-state index in [4.69, 9.17) is 18.5 Å². The number of phosphoric ester groups is 2.